The third kappa shape index (κ3) is 5.46. The second-order valence-corrected chi connectivity index (χ2v) is 9.76. The van der Waals surface area contributed by atoms with Gasteiger partial charge in [0.15, 0.2) is 0 Å². The van der Waals surface area contributed by atoms with Crippen molar-refractivity contribution >= 4 is 17.4 Å². The molecule has 1 aromatic heterocycles. The lowest BCUT2D eigenvalue weighted by Crippen LogP contribution is -2.42. The summed E-state index contributed by atoms with van der Waals surface area (Å²) in [6.45, 7) is 8.18. The minimum Gasteiger partial charge on any atom is -0.507 e. The average molecular weight is 531 g/mol. The first kappa shape index (κ1) is 26.6. The van der Waals surface area contributed by atoms with E-state index in [2.05, 4.69) is 10.00 Å². The van der Waals surface area contributed by atoms with E-state index in [0.29, 0.717) is 55.5 Å². The molecule has 5 rings (SSSR count). The zero-order valence-corrected chi connectivity index (χ0v) is 22.4. The number of ether oxygens (including phenoxy) is 2. The maximum Gasteiger partial charge on any atom is 0.295 e. The number of aliphatic hydroxyl groups is 1. The first-order chi connectivity index (χ1) is 19.0. The molecule has 1 N–H and O–H groups in total. The van der Waals surface area contributed by atoms with Crippen LogP contribution in [0.4, 0.5) is 0 Å². The number of nitrogens with zero attached hydrogens (tertiary/aromatic N) is 4. The van der Waals surface area contributed by atoms with E-state index in [1.54, 1.807) is 9.58 Å². The molecule has 3 heterocycles. The van der Waals surface area contributed by atoms with Crippen LogP contribution in [-0.4, -0.2) is 82.4 Å². The fourth-order valence-electron chi connectivity index (χ4n) is 5.14. The highest BCUT2D eigenvalue weighted by Gasteiger charge is 2.46. The fourth-order valence-corrected chi connectivity index (χ4v) is 5.14. The van der Waals surface area contributed by atoms with Gasteiger partial charge < -0.3 is 19.5 Å². The van der Waals surface area contributed by atoms with Gasteiger partial charge in [-0.2, -0.15) is 5.10 Å². The molecule has 2 saturated heterocycles. The zero-order chi connectivity index (χ0) is 27.4. The Morgan fingerprint density at radius 3 is 2.59 bits per heavy atom. The molecular formula is C30H34N4O5. The summed E-state index contributed by atoms with van der Waals surface area (Å²) >= 11 is 0. The van der Waals surface area contributed by atoms with E-state index in [9.17, 15) is 14.7 Å². The third-order valence-electron chi connectivity index (χ3n) is 7.21. The van der Waals surface area contributed by atoms with Crippen LogP contribution in [0.3, 0.4) is 0 Å². The van der Waals surface area contributed by atoms with E-state index in [-0.39, 0.29) is 11.3 Å². The normalized spacial score (nSPS) is 19.5. The number of hydrogen-bond acceptors (Lipinski definition) is 7. The van der Waals surface area contributed by atoms with Crippen molar-refractivity contribution in [3.8, 4) is 11.4 Å². The SMILES string of the molecule is CCCOc1cccc(C2C(=C(O)c3cnn(-c4ccccc4)c3C)C(=O)C(=O)N2CCN2CCOCC2)c1. The van der Waals surface area contributed by atoms with Gasteiger partial charge in [0.05, 0.1) is 54.6 Å². The molecule has 9 heteroatoms. The average Bonchev–Trinajstić information content (AvgIpc) is 3.48. The summed E-state index contributed by atoms with van der Waals surface area (Å²) in [5.74, 6) is -0.901. The van der Waals surface area contributed by atoms with Crippen molar-refractivity contribution in [2.24, 2.45) is 0 Å². The van der Waals surface area contributed by atoms with E-state index in [1.807, 2.05) is 68.4 Å². The molecule has 1 unspecified atom stereocenters. The van der Waals surface area contributed by atoms with E-state index >= 15 is 0 Å². The van der Waals surface area contributed by atoms with Crippen LogP contribution in [0, 0.1) is 6.92 Å². The lowest BCUT2D eigenvalue weighted by Gasteiger charge is -2.31. The molecule has 2 aliphatic rings. The Bertz CT molecular complexity index is 1360. The number of carbonyl (C=O) groups excluding carboxylic acids is 2. The van der Waals surface area contributed by atoms with Gasteiger partial charge in [-0.25, -0.2) is 4.68 Å². The molecule has 0 aliphatic carbocycles. The van der Waals surface area contributed by atoms with Crippen molar-refractivity contribution in [2.75, 3.05) is 46.0 Å². The first-order valence-corrected chi connectivity index (χ1v) is 13.4. The Morgan fingerprint density at radius 1 is 1.08 bits per heavy atom. The van der Waals surface area contributed by atoms with Gasteiger partial charge in [-0.05, 0) is 43.2 Å². The summed E-state index contributed by atoms with van der Waals surface area (Å²) in [7, 11) is 0. The van der Waals surface area contributed by atoms with Gasteiger partial charge in [0.2, 0.25) is 0 Å². The highest BCUT2D eigenvalue weighted by atomic mass is 16.5. The van der Waals surface area contributed by atoms with Gasteiger partial charge in [-0.1, -0.05) is 37.3 Å². The van der Waals surface area contributed by atoms with Crippen LogP contribution in [0.25, 0.3) is 11.4 Å². The van der Waals surface area contributed by atoms with Gasteiger partial charge >= 0.3 is 0 Å². The summed E-state index contributed by atoms with van der Waals surface area (Å²) in [5.41, 5.74) is 2.67. The number of Topliss-reactive ketones (excluding diaryl/α,β-unsaturated/α-hetero) is 1. The minimum atomic E-state index is -0.754. The number of hydrogen-bond donors (Lipinski definition) is 1. The predicted octanol–water partition coefficient (Wildman–Crippen LogP) is 3.72. The van der Waals surface area contributed by atoms with Crippen LogP contribution >= 0.6 is 0 Å². The van der Waals surface area contributed by atoms with E-state index in [4.69, 9.17) is 9.47 Å². The molecule has 1 atom stereocenters. The number of para-hydroxylation sites is 1. The summed E-state index contributed by atoms with van der Waals surface area (Å²) in [6, 6.07) is 16.2. The Morgan fingerprint density at radius 2 is 1.85 bits per heavy atom. The fraction of sp³-hybridized carbons (Fsp3) is 0.367. The maximum absolute atomic E-state index is 13.5. The lowest BCUT2D eigenvalue weighted by atomic mass is 9.95. The van der Waals surface area contributed by atoms with E-state index in [1.165, 1.54) is 6.20 Å². The van der Waals surface area contributed by atoms with Crippen LogP contribution in [0.2, 0.25) is 0 Å². The summed E-state index contributed by atoms with van der Waals surface area (Å²) < 4.78 is 13.0. The highest BCUT2D eigenvalue weighted by molar-refractivity contribution is 6.46. The second kappa shape index (κ2) is 11.8. The van der Waals surface area contributed by atoms with Crippen LogP contribution in [-0.2, 0) is 14.3 Å². The first-order valence-electron chi connectivity index (χ1n) is 13.4. The third-order valence-corrected chi connectivity index (χ3v) is 7.21. The number of rotatable bonds is 9. The number of carbonyl (C=O) groups is 2. The van der Waals surface area contributed by atoms with Gasteiger partial charge in [0.1, 0.15) is 11.5 Å². The molecule has 39 heavy (non-hydrogen) atoms. The lowest BCUT2D eigenvalue weighted by molar-refractivity contribution is -0.140. The molecule has 204 valence electrons. The molecule has 2 aliphatic heterocycles. The van der Waals surface area contributed by atoms with E-state index in [0.717, 1.165) is 25.2 Å². The maximum atomic E-state index is 13.5. The molecule has 2 aromatic carbocycles. The molecule has 1 amide bonds. The van der Waals surface area contributed by atoms with Crippen LogP contribution in [0.1, 0.15) is 36.2 Å². The monoisotopic (exact) mass is 530 g/mol. The summed E-state index contributed by atoms with van der Waals surface area (Å²) in [6.07, 6.45) is 2.39. The summed E-state index contributed by atoms with van der Waals surface area (Å²) in [4.78, 5) is 30.7. The molecule has 3 aromatic rings. The van der Waals surface area contributed by atoms with E-state index < -0.39 is 17.7 Å². The Kier molecular flexibility index (Phi) is 8.09. The zero-order valence-electron chi connectivity index (χ0n) is 22.4. The van der Waals surface area contributed by atoms with Crippen molar-refractivity contribution in [3.05, 3.63) is 83.2 Å². The van der Waals surface area contributed by atoms with Gasteiger partial charge in [-0.3, -0.25) is 14.5 Å². The Labute approximate surface area is 228 Å². The molecule has 0 spiro atoms. The van der Waals surface area contributed by atoms with Crippen LogP contribution < -0.4 is 4.74 Å². The summed E-state index contributed by atoms with van der Waals surface area (Å²) in [5, 5.41) is 16.1. The molecule has 0 radical (unpaired) electrons. The number of morpholine rings is 1. The Balaban J connectivity index is 1.56. The van der Waals surface area contributed by atoms with Crippen molar-refractivity contribution in [2.45, 2.75) is 26.3 Å². The number of benzene rings is 2. The molecule has 9 nitrogen and oxygen atoms in total. The van der Waals surface area contributed by atoms with Crippen LogP contribution in [0.15, 0.2) is 66.4 Å². The van der Waals surface area contributed by atoms with Crippen molar-refractivity contribution in [1.82, 2.24) is 19.6 Å². The quantitative estimate of drug-likeness (QED) is 0.256. The smallest absolute Gasteiger partial charge is 0.295 e. The number of aromatic nitrogens is 2. The second-order valence-electron chi connectivity index (χ2n) is 9.76. The predicted molar refractivity (Wildman–Crippen MR) is 147 cm³/mol. The van der Waals surface area contributed by atoms with Gasteiger partial charge in [-0.15, -0.1) is 0 Å². The highest BCUT2D eigenvalue weighted by Crippen LogP contribution is 2.40. The number of ketones is 1. The Hall–Kier alpha value is -3.95. The standard InChI is InChI=1S/C30H34N4O5/c1-3-16-39-24-11-7-8-22(19-24)27-26(29(36)30(37)33(27)13-12-32-14-17-38-18-15-32)28(35)25-20-31-34(21(25)2)23-9-5-4-6-10-23/h4-11,19-20,27,35H,3,12-18H2,1-2H3. The van der Waals surface area contributed by atoms with Crippen molar-refractivity contribution in [3.63, 3.8) is 0 Å². The topological polar surface area (TPSA) is 97.1 Å². The molecular weight excluding hydrogens is 496 g/mol. The van der Waals surface area contributed by atoms with Crippen molar-refractivity contribution < 1.29 is 24.2 Å². The minimum absolute atomic E-state index is 0.0605. The van der Waals surface area contributed by atoms with Gasteiger partial charge in [0.25, 0.3) is 11.7 Å². The number of aliphatic hydroxyl groups excluding tert-OH is 1. The number of likely N-dealkylation sites (tertiary alicyclic amines) is 1. The largest absolute Gasteiger partial charge is 0.507 e. The van der Waals surface area contributed by atoms with Crippen LogP contribution in [0.5, 0.6) is 5.75 Å². The number of amides is 1. The van der Waals surface area contributed by atoms with Gasteiger partial charge in [0, 0.05) is 26.2 Å². The molecule has 0 saturated carbocycles. The molecule has 0 bridgehead atoms. The van der Waals surface area contributed by atoms with Crippen molar-refractivity contribution in [1.29, 1.82) is 0 Å². The molecule has 2 fully saturated rings.